The van der Waals surface area contributed by atoms with Crippen LogP contribution in [0.15, 0.2) is 12.0 Å². The first kappa shape index (κ1) is 7.66. The molecule has 0 spiro atoms. The molecule has 0 atom stereocenters. The number of methoxy groups -OCH3 is 1. The highest BCUT2D eigenvalue weighted by molar-refractivity contribution is 5.38. The van der Waals surface area contributed by atoms with Gasteiger partial charge in [-0.15, -0.1) is 10.2 Å². The van der Waals surface area contributed by atoms with Crippen molar-refractivity contribution in [1.82, 2.24) is 14.9 Å². The molecule has 2 rings (SSSR count). The highest BCUT2D eigenvalue weighted by atomic mass is 16.5. The zero-order chi connectivity index (χ0) is 9.26. The smallest absolute Gasteiger partial charge is 0.210 e. The Labute approximate surface area is 73.4 Å². The second-order valence-electron chi connectivity index (χ2n) is 2.39. The molecule has 0 bridgehead atoms. The lowest BCUT2D eigenvalue weighted by atomic mass is 10.5. The highest BCUT2D eigenvalue weighted by Gasteiger charge is 2.05. The van der Waals surface area contributed by atoms with Gasteiger partial charge in [-0.25, -0.2) is 4.68 Å². The number of aromatic nitrogens is 3. The van der Waals surface area contributed by atoms with Crippen LogP contribution in [0.2, 0.25) is 0 Å². The SMILES string of the molecule is COC1=CC=c2nn/c(=C\O)n2N1. The number of ether oxygens (including phenoxy) is 1. The molecule has 1 aromatic rings. The molecule has 6 nitrogen and oxygen atoms in total. The van der Waals surface area contributed by atoms with E-state index in [2.05, 4.69) is 15.6 Å². The first-order valence-corrected chi connectivity index (χ1v) is 3.64. The van der Waals surface area contributed by atoms with E-state index in [0.717, 1.165) is 6.26 Å². The van der Waals surface area contributed by atoms with Crippen LogP contribution in [-0.4, -0.2) is 27.1 Å². The number of aliphatic hydroxyl groups is 1. The van der Waals surface area contributed by atoms with Crippen molar-refractivity contribution in [3.63, 3.8) is 0 Å². The van der Waals surface area contributed by atoms with E-state index >= 15 is 0 Å². The Balaban J connectivity index is 2.57. The van der Waals surface area contributed by atoms with Gasteiger partial charge in [-0.05, 0) is 6.08 Å². The Bertz CT molecular complexity index is 459. The third-order valence-electron chi connectivity index (χ3n) is 1.65. The second-order valence-corrected chi connectivity index (χ2v) is 2.39. The van der Waals surface area contributed by atoms with Crippen molar-refractivity contribution in [3.8, 4) is 0 Å². The van der Waals surface area contributed by atoms with Gasteiger partial charge in [0, 0.05) is 6.08 Å². The van der Waals surface area contributed by atoms with Gasteiger partial charge in [-0.1, -0.05) is 0 Å². The molecule has 2 N–H and O–H groups in total. The van der Waals surface area contributed by atoms with E-state index in [1.54, 1.807) is 19.3 Å². The minimum atomic E-state index is 0.328. The fourth-order valence-electron chi connectivity index (χ4n) is 1.03. The van der Waals surface area contributed by atoms with Crippen molar-refractivity contribution < 1.29 is 9.84 Å². The Hall–Kier alpha value is -1.98. The molecule has 1 aromatic heterocycles. The maximum Gasteiger partial charge on any atom is 0.210 e. The topological polar surface area (TPSA) is 72.2 Å². The zero-order valence-corrected chi connectivity index (χ0v) is 6.93. The van der Waals surface area contributed by atoms with Crippen LogP contribution in [0.1, 0.15) is 0 Å². The van der Waals surface area contributed by atoms with Crippen molar-refractivity contribution in [2.75, 3.05) is 12.5 Å². The lowest BCUT2D eigenvalue weighted by Crippen LogP contribution is -2.38. The largest absolute Gasteiger partial charge is 0.512 e. The fourth-order valence-corrected chi connectivity index (χ4v) is 1.03. The maximum atomic E-state index is 8.78. The summed E-state index contributed by atoms with van der Waals surface area (Å²) in [6.07, 6.45) is 4.33. The molecule has 0 fully saturated rings. The highest BCUT2D eigenvalue weighted by Crippen LogP contribution is 1.93. The Morgan fingerprint density at radius 2 is 2.38 bits per heavy atom. The molecule has 1 aliphatic heterocycles. The Morgan fingerprint density at radius 1 is 1.54 bits per heavy atom. The van der Waals surface area contributed by atoms with E-state index in [0.29, 0.717) is 16.8 Å². The Kier molecular flexibility index (Phi) is 1.66. The van der Waals surface area contributed by atoms with Gasteiger partial charge in [0.15, 0.2) is 5.48 Å². The van der Waals surface area contributed by atoms with E-state index in [4.69, 9.17) is 9.84 Å². The summed E-state index contributed by atoms with van der Waals surface area (Å²) in [5.74, 6) is 0.565. The van der Waals surface area contributed by atoms with Crippen molar-refractivity contribution in [1.29, 1.82) is 0 Å². The van der Waals surface area contributed by atoms with E-state index < -0.39 is 0 Å². The van der Waals surface area contributed by atoms with Gasteiger partial charge < -0.3 is 9.84 Å². The molecule has 0 aliphatic carbocycles. The average Bonchev–Trinajstić information content (AvgIpc) is 2.59. The number of nitrogens with one attached hydrogen (secondary N) is 1. The standard InChI is InChI=1S/C7H8N4O2/c1-13-7-3-2-5-8-9-6(4-12)11(5)10-7/h2-4,10,12H,1H3/b6-4+. The van der Waals surface area contributed by atoms with Crippen LogP contribution in [0.5, 0.6) is 0 Å². The molecule has 0 unspecified atom stereocenters. The third kappa shape index (κ3) is 1.12. The van der Waals surface area contributed by atoms with Crippen LogP contribution in [0.25, 0.3) is 12.3 Å². The molecule has 0 radical (unpaired) electrons. The number of nitrogens with zero attached hydrogens (tertiary/aromatic N) is 3. The number of allylic oxidation sites excluding steroid dienone is 1. The van der Waals surface area contributed by atoms with E-state index in [1.807, 2.05) is 0 Å². The van der Waals surface area contributed by atoms with Gasteiger partial charge in [0.25, 0.3) is 0 Å². The summed E-state index contributed by atoms with van der Waals surface area (Å²) < 4.78 is 6.48. The van der Waals surface area contributed by atoms with Crippen LogP contribution < -0.4 is 16.4 Å². The normalized spacial score (nSPS) is 15.5. The first-order valence-electron chi connectivity index (χ1n) is 3.64. The van der Waals surface area contributed by atoms with Gasteiger partial charge in [0.05, 0.1) is 7.11 Å². The molecule has 2 heterocycles. The predicted octanol–water partition coefficient (Wildman–Crippen LogP) is -1.60. The molecular weight excluding hydrogens is 172 g/mol. The molecule has 13 heavy (non-hydrogen) atoms. The summed E-state index contributed by atoms with van der Waals surface area (Å²) in [7, 11) is 1.55. The molecule has 6 heteroatoms. The Morgan fingerprint density at radius 3 is 3.08 bits per heavy atom. The minimum Gasteiger partial charge on any atom is -0.512 e. The number of hydrogen-bond acceptors (Lipinski definition) is 5. The monoisotopic (exact) mass is 180 g/mol. The number of aliphatic hydroxyl groups excluding tert-OH is 1. The summed E-state index contributed by atoms with van der Waals surface area (Å²) in [5.41, 5.74) is 3.79. The van der Waals surface area contributed by atoms with E-state index in [9.17, 15) is 0 Å². The molecular formula is C7H8N4O2. The summed E-state index contributed by atoms with van der Waals surface area (Å²) in [5, 5.41) is 16.3. The lowest BCUT2D eigenvalue weighted by Gasteiger charge is -2.11. The molecule has 0 saturated carbocycles. The van der Waals surface area contributed by atoms with Gasteiger partial charge in [0.1, 0.15) is 6.26 Å². The summed E-state index contributed by atoms with van der Waals surface area (Å²) >= 11 is 0. The summed E-state index contributed by atoms with van der Waals surface area (Å²) in [6.45, 7) is 0. The first-order chi connectivity index (χ1) is 6.35. The second kappa shape index (κ2) is 2.81. The molecule has 1 aliphatic rings. The average molecular weight is 180 g/mol. The lowest BCUT2D eigenvalue weighted by molar-refractivity contribution is 0.287. The molecule has 0 aromatic carbocycles. The molecule has 0 amide bonds. The third-order valence-corrected chi connectivity index (χ3v) is 1.65. The molecule has 0 saturated heterocycles. The van der Waals surface area contributed by atoms with Gasteiger partial charge in [-0.2, -0.15) is 0 Å². The quantitative estimate of drug-likeness (QED) is 0.544. The maximum absolute atomic E-state index is 8.78. The van der Waals surface area contributed by atoms with E-state index in [-0.39, 0.29) is 0 Å². The van der Waals surface area contributed by atoms with Crippen molar-refractivity contribution >= 4 is 12.3 Å². The van der Waals surface area contributed by atoms with Crippen molar-refractivity contribution in [3.05, 3.63) is 22.9 Å². The van der Waals surface area contributed by atoms with Crippen LogP contribution in [0.3, 0.4) is 0 Å². The summed E-state index contributed by atoms with van der Waals surface area (Å²) in [6, 6.07) is 0. The number of hydrogen-bond donors (Lipinski definition) is 2. The fraction of sp³-hybridized carbons (Fsp3) is 0.143. The van der Waals surface area contributed by atoms with Crippen LogP contribution >= 0.6 is 0 Å². The van der Waals surface area contributed by atoms with Crippen LogP contribution in [0.4, 0.5) is 0 Å². The minimum absolute atomic E-state index is 0.328. The van der Waals surface area contributed by atoms with Crippen LogP contribution in [-0.2, 0) is 4.74 Å². The molecule has 68 valence electrons. The summed E-state index contributed by atoms with van der Waals surface area (Å²) in [4.78, 5) is 0. The van der Waals surface area contributed by atoms with Crippen molar-refractivity contribution in [2.24, 2.45) is 0 Å². The van der Waals surface area contributed by atoms with Gasteiger partial charge in [0.2, 0.25) is 11.4 Å². The van der Waals surface area contributed by atoms with Crippen LogP contribution in [0, 0.1) is 0 Å². The predicted molar refractivity (Wildman–Crippen MR) is 45.3 cm³/mol. The van der Waals surface area contributed by atoms with Gasteiger partial charge in [-0.3, -0.25) is 5.43 Å². The number of rotatable bonds is 1. The number of fused-ring (bicyclic) bond motifs is 1. The van der Waals surface area contributed by atoms with Crippen molar-refractivity contribution in [2.45, 2.75) is 0 Å². The zero-order valence-electron chi connectivity index (χ0n) is 6.93. The van der Waals surface area contributed by atoms with E-state index in [1.165, 1.54) is 4.68 Å². The van der Waals surface area contributed by atoms with Gasteiger partial charge >= 0.3 is 0 Å².